The van der Waals surface area contributed by atoms with Crippen LogP contribution < -0.4 is 14.8 Å². The fourth-order valence-corrected chi connectivity index (χ4v) is 5.55. The van der Waals surface area contributed by atoms with Crippen molar-refractivity contribution < 1.29 is 45.3 Å². The highest BCUT2D eigenvalue weighted by Gasteiger charge is 2.53. The second-order valence-corrected chi connectivity index (χ2v) is 10.3. The summed E-state index contributed by atoms with van der Waals surface area (Å²) in [5.41, 5.74) is 0.479. The molecule has 1 aromatic carbocycles. The molecule has 2 aromatic rings. The minimum Gasteiger partial charge on any atom is -0.493 e. The Labute approximate surface area is 228 Å². The van der Waals surface area contributed by atoms with Crippen LogP contribution in [-0.2, 0) is 9.53 Å². The molecule has 2 heterocycles. The molecule has 40 heavy (non-hydrogen) atoms. The van der Waals surface area contributed by atoms with Gasteiger partial charge < -0.3 is 24.4 Å². The number of nitrogens with one attached hydrogen (secondary N) is 1. The first kappa shape index (κ1) is 28.1. The zero-order valence-electron chi connectivity index (χ0n) is 21.0. The van der Waals surface area contributed by atoms with Gasteiger partial charge in [0, 0.05) is 42.3 Å². The summed E-state index contributed by atoms with van der Waals surface area (Å²) >= 11 is 6.05. The monoisotopic (exact) mass is 592 g/mol. The summed E-state index contributed by atoms with van der Waals surface area (Å²) in [7, 11) is 1.43. The standard InChI is InChI=1S/C25H23ClF6N4O4/c1-11-3-18(40-25(30,31)32)15(26)6-16(11)35-22-14-5-20(19(38-2)7-17(14)33-10-34-22)39-21-12-4-13(21)9-36(8-12)23(37)24(27,28)29/h3,5-7,10-13,16,21H,4,8-9H2,1-2H3,(H,33,34,35)/t11?,12-,13+,16?,21+. The van der Waals surface area contributed by atoms with E-state index in [2.05, 4.69) is 20.0 Å². The van der Waals surface area contributed by atoms with E-state index in [1.165, 1.54) is 25.6 Å². The summed E-state index contributed by atoms with van der Waals surface area (Å²) in [5.74, 6) is -2.35. The van der Waals surface area contributed by atoms with Crippen LogP contribution in [0, 0.1) is 17.8 Å². The van der Waals surface area contributed by atoms with Crippen molar-refractivity contribution in [2.24, 2.45) is 17.8 Å². The van der Waals surface area contributed by atoms with Gasteiger partial charge >= 0.3 is 18.4 Å². The fraction of sp³-hybridized carbons (Fsp3) is 0.480. The molecule has 8 nitrogen and oxygen atoms in total. The van der Waals surface area contributed by atoms with Gasteiger partial charge in [-0.15, -0.1) is 13.2 Å². The van der Waals surface area contributed by atoms with Crippen LogP contribution in [0.15, 0.2) is 41.4 Å². The molecule has 5 rings (SSSR count). The Morgan fingerprint density at radius 3 is 2.40 bits per heavy atom. The molecule has 2 bridgehead atoms. The number of ether oxygens (including phenoxy) is 3. The lowest BCUT2D eigenvalue weighted by atomic mass is 9.68. The molecule has 2 aliphatic carbocycles. The van der Waals surface area contributed by atoms with Gasteiger partial charge in [-0.1, -0.05) is 18.5 Å². The number of benzene rings is 1. The number of allylic oxidation sites excluding steroid dienone is 1. The van der Waals surface area contributed by atoms with Gasteiger partial charge in [0.25, 0.3) is 0 Å². The Kier molecular flexibility index (Phi) is 7.17. The van der Waals surface area contributed by atoms with Gasteiger partial charge in [-0.25, -0.2) is 9.97 Å². The molecular weight excluding hydrogens is 570 g/mol. The first-order valence-corrected chi connectivity index (χ1v) is 12.6. The molecule has 1 N–H and O–H groups in total. The van der Waals surface area contributed by atoms with E-state index in [9.17, 15) is 31.1 Å². The number of carbonyl (C=O) groups is 1. The van der Waals surface area contributed by atoms with Gasteiger partial charge in [0.1, 0.15) is 24.0 Å². The number of piperidine rings is 2. The largest absolute Gasteiger partial charge is 0.573 e. The minimum atomic E-state index is -4.93. The number of anilines is 1. The number of hydrogen-bond donors (Lipinski definition) is 1. The number of alkyl halides is 6. The maximum absolute atomic E-state index is 12.9. The van der Waals surface area contributed by atoms with Crippen LogP contribution in [0.1, 0.15) is 13.3 Å². The topological polar surface area (TPSA) is 85.8 Å². The molecule has 0 radical (unpaired) electrons. The van der Waals surface area contributed by atoms with Crippen LogP contribution in [0.5, 0.6) is 11.5 Å². The second-order valence-electron chi connectivity index (χ2n) is 9.91. The molecule has 1 amide bonds. The van der Waals surface area contributed by atoms with Crippen LogP contribution >= 0.6 is 11.6 Å². The molecule has 2 unspecified atom stereocenters. The number of aromatic nitrogens is 2. The third kappa shape index (κ3) is 5.58. The molecule has 216 valence electrons. The highest BCUT2D eigenvalue weighted by Crippen LogP contribution is 2.46. The summed E-state index contributed by atoms with van der Waals surface area (Å²) in [6, 6.07) is 2.71. The molecule has 1 saturated heterocycles. The number of rotatable bonds is 6. The Bertz CT molecular complexity index is 1370. The van der Waals surface area contributed by atoms with Gasteiger partial charge in [0.05, 0.1) is 23.7 Å². The normalized spacial score (nSPS) is 26.4. The predicted molar refractivity (Wildman–Crippen MR) is 130 cm³/mol. The number of carbonyl (C=O) groups excluding carboxylic acids is 1. The average Bonchev–Trinajstić information content (AvgIpc) is 2.88. The van der Waals surface area contributed by atoms with Gasteiger partial charge in [0.2, 0.25) is 0 Å². The molecule has 3 aliphatic rings. The third-order valence-electron chi connectivity index (χ3n) is 7.23. The van der Waals surface area contributed by atoms with Gasteiger partial charge in [-0.3, -0.25) is 4.79 Å². The highest BCUT2D eigenvalue weighted by molar-refractivity contribution is 6.31. The van der Waals surface area contributed by atoms with Gasteiger partial charge in [0.15, 0.2) is 11.5 Å². The molecule has 2 fully saturated rings. The number of likely N-dealkylation sites (tertiary alicyclic amines) is 1. The Morgan fingerprint density at radius 1 is 1.07 bits per heavy atom. The van der Waals surface area contributed by atoms with E-state index in [1.54, 1.807) is 19.1 Å². The van der Waals surface area contributed by atoms with Crippen molar-refractivity contribution >= 4 is 34.2 Å². The SMILES string of the molecule is COc1cc2ncnc(NC3C=C(Cl)C(OC(F)(F)F)=CC3C)c2cc1O[C@H]1[C@@H]2C[C@H]1CN(C(=O)C(F)(F)F)C2. The van der Waals surface area contributed by atoms with Crippen LogP contribution in [0.2, 0.25) is 0 Å². The van der Waals surface area contributed by atoms with E-state index >= 15 is 0 Å². The molecule has 15 heteroatoms. The predicted octanol–water partition coefficient (Wildman–Crippen LogP) is 5.40. The molecular formula is C25H23ClF6N4O4. The van der Waals surface area contributed by atoms with Crippen LogP contribution in [0.4, 0.5) is 32.2 Å². The maximum atomic E-state index is 12.9. The lowest BCUT2D eigenvalue weighted by Crippen LogP contribution is -2.63. The van der Waals surface area contributed by atoms with Gasteiger partial charge in [-0.05, 0) is 24.6 Å². The lowest BCUT2D eigenvalue weighted by Gasteiger charge is -2.52. The van der Waals surface area contributed by atoms with E-state index in [1.807, 2.05) is 0 Å². The van der Waals surface area contributed by atoms with Crippen molar-refractivity contribution in [3.05, 3.63) is 41.4 Å². The molecule has 1 aliphatic heterocycles. The Morgan fingerprint density at radius 2 is 1.77 bits per heavy atom. The van der Waals surface area contributed by atoms with E-state index in [-0.39, 0.29) is 30.0 Å². The third-order valence-corrected chi connectivity index (χ3v) is 7.54. The summed E-state index contributed by atoms with van der Waals surface area (Å²) < 4.78 is 92.4. The maximum Gasteiger partial charge on any atom is 0.573 e. The van der Waals surface area contributed by atoms with Crippen molar-refractivity contribution in [1.82, 2.24) is 14.9 Å². The van der Waals surface area contributed by atoms with Crippen LogP contribution in [-0.4, -0.2) is 65.7 Å². The first-order chi connectivity index (χ1) is 18.7. The van der Waals surface area contributed by atoms with E-state index in [0.717, 1.165) is 4.90 Å². The zero-order valence-corrected chi connectivity index (χ0v) is 21.8. The van der Waals surface area contributed by atoms with Crippen molar-refractivity contribution in [2.45, 2.75) is 38.0 Å². The number of amides is 1. The number of nitrogens with zero attached hydrogens (tertiary/aromatic N) is 3. The Balaban J connectivity index is 1.36. The number of hydrogen-bond acceptors (Lipinski definition) is 7. The van der Waals surface area contributed by atoms with E-state index in [4.69, 9.17) is 21.1 Å². The molecule has 1 saturated carbocycles. The Hall–Kier alpha value is -3.42. The summed E-state index contributed by atoms with van der Waals surface area (Å²) in [4.78, 5) is 21.0. The van der Waals surface area contributed by atoms with E-state index < -0.39 is 42.3 Å². The van der Waals surface area contributed by atoms with E-state index in [0.29, 0.717) is 34.6 Å². The van der Waals surface area contributed by atoms with Crippen molar-refractivity contribution in [2.75, 3.05) is 25.5 Å². The average molecular weight is 593 g/mol. The number of halogens is 7. The van der Waals surface area contributed by atoms with Crippen molar-refractivity contribution in [1.29, 1.82) is 0 Å². The first-order valence-electron chi connectivity index (χ1n) is 12.2. The number of fused-ring (bicyclic) bond motifs is 3. The second kappa shape index (κ2) is 10.2. The lowest BCUT2D eigenvalue weighted by molar-refractivity contribution is -0.303. The molecule has 1 aromatic heterocycles. The number of methoxy groups -OCH3 is 1. The quantitative estimate of drug-likeness (QED) is 0.450. The van der Waals surface area contributed by atoms with Crippen molar-refractivity contribution in [3.63, 3.8) is 0 Å². The molecule has 5 atom stereocenters. The molecule has 0 spiro atoms. The summed E-state index contributed by atoms with van der Waals surface area (Å²) in [5, 5.41) is 3.46. The van der Waals surface area contributed by atoms with Gasteiger partial charge in [-0.2, -0.15) is 13.2 Å². The van der Waals surface area contributed by atoms with Crippen LogP contribution in [0.3, 0.4) is 0 Å². The van der Waals surface area contributed by atoms with Crippen LogP contribution in [0.25, 0.3) is 10.9 Å². The zero-order chi connectivity index (χ0) is 29.0. The minimum absolute atomic E-state index is 0.0639. The smallest absolute Gasteiger partial charge is 0.493 e. The fourth-order valence-electron chi connectivity index (χ4n) is 5.31. The summed E-state index contributed by atoms with van der Waals surface area (Å²) in [6.07, 6.45) is -5.63. The summed E-state index contributed by atoms with van der Waals surface area (Å²) in [6.45, 7) is 1.55. The van der Waals surface area contributed by atoms with Crippen molar-refractivity contribution in [3.8, 4) is 11.5 Å². The highest BCUT2D eigenvalue weighted by atomic mass is 35.5.